The molecule has 1 amide bonds. The molecule has 0 aliphatic carbocycles. The van der Waals surface area contributed by atoms with Crippen LogP contribution in [0.4, 0.5) is 4.79 Å². The van der Waals surface area contributed by atoms with Gasteiger partial charge in [-0.25, -0.2) is 4.79 Å². The van der Waals surface area contributed by atoms with Crippen molar-refractivity contribution in [1.29, 1.82) is 0 Å². The summed E-state index contributed by atoms with van der Waals surface area (Å²) in [6.07, 6.45) is -0.767. The van der Waals surface area contributed by atoms with Crippen molar-refractivity contribution < 1.29 is 19.1 Å². The van der Waals surface area contributed by atoms with E-state index in [-0.39, 0.29) is 6.61 Å². The number of nitrogens with two attached hydrogens (primary N) is 1. The molecule has 6 heteroatoms. The van der Waals surface area contributed by atoms with Gasteiger partial charge in [0.25, 0.3) is 0 Å². The molecule has 2 N–H and O–H groups in total. The van der Waals surface area contributed by atoms with Gasteiger partial charge >= 0.3 is 6.09 Å². The van der Waals surface area contributed by atoms with Gasteiger partial charge < -0.3 is 15.2 Å². The standard InChI is InChI=1S/C9H20N2O4/c1-3-13-7-5-11(15-4-2)6-8-14-9(10)12/h3-8H2,1-2H3,(H2,10,12). The van der Waals surface area contributed by atoms with E-state index in [0.29, 0.717) is 32.9 Å². The van der Waals surface area contributed by atoms with E-state index in [9.17, 15) is 4.79 Å². The normalized spacial score (nSPS) is 10.6. The molecule has 0 heterocycles. The fourth-order valence-electron chi connectivity index (χ4n) is 0.982. The molecule has 0 aromatic heterocycles. The van der Waals surface area contributed by atoms with Crippen LogP contribution in [0.2, 0.25) is 0 Å². The van der Waals surface area contributed by atoms with Gasteiger partial charge in [-0.2, -0.15) is 5.06 Å². The van der Waals surface area contributed by atoms with E-state index >= 15 is 0 Å². The molecular weight excluding hydrogens is 200 g/mol. The molecule has 0 bridgehead atoms. The van der Waals surface area contributed by atoms with Crippen LogP contribution in [-0.2, 0) is 14.3 Å². The first kappa shape index (κ1) is 14.2. The molecule has 0 atom stereocenters. The molecule has 15 heavy (non-hydrogen) atoms. The van der Waals surface area contributed by atoms with Crippen molar-refractivity contribution in [2.75, 3.05) is 39.5 Å². The fraction of sp³-hybridized carbons (Fsp3) is 0.889. The van der Waals surface area contributed by atoms with Gasteiger partial charge in [-0.05, 0) is 13.8 Å². The summed E-state index contributed by atoms with van der Waals surface area (Å²) in [5.74, 6) is 0. The van der Waals surface area contributed by atoms with Crippen LogP contribution in [0, 0.1) is 0 Å². The number of hydrogen-bond donors (Lipinski definition) is 1. The second-order valence-electron chi connectivity index (χ2n) is 2.71. The highest BCUT2D eigenvalue weighted by molar-refractivity contribution is 5.64. The number of rotatable bonds is 9. The van der Waals surface area contributed by atoms with E-state index in [1.165, 1.54) is 0 Å². The van der Waals surface area contributed by atoms with Gasteiger partial charge in [-0.1, -0.05) is 0 Å². The Kier molecular flexibility index (Phi) is 9.15. The van der Waals surface area contributed by atoms with Gasteiger partial charge in [0, 0.05) is 13.2 Å². The largest absolute Gasteiger partial charge is 0.448 e. The molecule has 90 valence electrons. The number of carbonyl (C=O) groups is 1. The van der Waals surface area contributed by atoms with Crippen LogP contribution >= 0.6 is 0 Å². The van der Waals surface area contributed by atoms with Crippen molar-refractivity contribution in [2.24, 2.45) is 5.73 Å². The first-order valence-corrected chi connectivity index (χ1v) is 5.08. The topological polar surface area (TPSA) is 74.0 Å². The highest BCUT2D eigenvalue weighted by Crippen LogP contribution is 1.91. The Morgan fingerprint density at radius 1 is 1.20 bits per heavy atom. The minimum absolute atomic E-state index is 0.224. The summed E-state index contributed by atoms with van der Waals surface area (Å²) in [4.78, 5) is 15.6. The van der Waals surface area contributed by atoms with Crippen molar-refractivity contribution in [3.8, 4) is 0 Å². The summed E-state index contributed by atoms with van der Waals surface area (Å²) < 4.78 is 9.78. The van der Waals surface area contributed by atoms with E-state index in [1.54, 1.807) is 5.06 Å². The molecule has 0 radical (unpaired) electrons. The summed E-state index contributed by atoms with van der Waals surface area (Å²) in [6, 6.07) is 0. The Balaban J connectivity index is 3.57. The van der Waals surface area contributed by atoms with Crippen molar-refractivity contribution >= 4 is 6.09 Å². The smallest absolute Gasteiger partial charge is 0.404 e. The fourth-order valence-corrected chi connectivity index (χ4v) is 0.982. The average Bonchev–Trinajstić information content (AvgIpc) is 2.17. The minimum Gasteiger partial charge on any atom is -0.448 e. The summed E-state index contributed by atoms with van der Waals surface area (Å²) in [5.41, 5.74) is 4.83. The number of carbonyl (C=O) groups excluding carboxylic acids is 1. The van der Waals surface area contributed by atoms with Crippen LogP contribution in [-0.4, -0.2) is 50.7 Å². The van der Waals surface area contributed by atoms with Crippen LogP contribution in [0.25, 0.3) is 0 Å². The lowest BCUT2D eigenvalue weighted by atomic mass is 10.6. The Morgan fingerprint density at radius 2 is 1.87 bits per heavy atom. The zero-order valence-electron chi connectivity index (χ0n) is 9.40. The number of amides is 1. The highest BCUT2D eigenvalue weighted by Gasteiger charge is 2.05. The maximum Gasteiger partial charge on any atom is 0.404 e. The van der Waals surface area contributed by atoms with Gasteiger partial charge in [0.2, 0.25) is 0 Å². The molecule has 6 nitrogen and oxygen atoms in total. The monoisotopic (exact) mass is 220 g/mol. The van der Waals surface area contributed by atoms with E-state index < -0.39 is 6.09 Å². The first-order valence-electron chi connectivity index (χ1n) is 5.08. The predicted molar refractivity (Wildman–Crippen MR) is 55.2 cm³/mol. The Labute approximate surface area is 90.2 Å². The van der Waals surface area contributed by atoms with Crippen LogP contribution < -0.4 is 5.73 Å². The van der Waals surface area contributed by atoms with Crippen LogP contribution in [0.1, 0.15) is 13.8 Å². The molecule has 0 aromatic carbocycles. The predicted octanol–water partition coefficient (Wildman–Crippen LogP) is 0.372. The molecule has 0 fully saturated rings. The molecule has 0 saturated carbocycles. The third kappa shape index (κ3) is 9.45. The van der Waals surface area contributed by atoms with Crippen molar-refractivity contribution in [2.45, 2.75) is 13.8 Å². The van der Waals surface area contributed by atoms with Crippen molar-refractivity contribution in [3.05, 3.63) is 0 Å². The number of nitrogens with zero attached hydrogens (tertiary/aromatic N) is 1. The third-order valence-electron chi connectivity index (χ3n) is 1.59. The third-order valence-corrected chi connectivity index (χ3v) is 1.59. The second kappa shape index (κ2) is 9.70. The van der Waals surface area contributed by atoms with Crippen LogP contribution in [0.15, 0.2) is 0 Å². The molecule has 0 aromatic rings. The molecule has 0 spiro atoms. The first-order chi connectivity index (χ1) is 7.20. The Morgan fingerprint density at radius 3 is 2.40 bits per heavy atom. The minimum atomic E-state index is -0.767. The lowest BCUT2D eigenvalue weighted by molar-refractivity contribution is -0.166. The zero-order valence-corrected chi connectivity index (χ0v) is 9.40. The maximum absolute atomic E-state index is 10.3. The van der Waals surface area contributed by atoms with E-state index in [2.05, 4.69) is 4.74 Å². The average molecular weight is 220 g/mol. The number of ether oxygens (including phenoxy) is 2. The number of primary amides is 1. The van der Waals surface area contributed by atoms with Crippen molar-refractivity contribution in [1.82, 2.24) is 5.06 Å². The Bertz CT molecular complexity index is 166. The number of hydroxylamine groups is 2. The lowest BCUT2D eigenvalue weighted by Crippen LogP contribution is -2.32. The quantitative estimate of drug-likeness (QED) is 0.449. The second-order valence-corrected chi connectivity index (χ2v) is 2.71. The van der Waals surface area contributed by atoms with Gasteiger partial charge in [-0.3, -0.25) is 4.84 Å². The van der Waals surface area contributed by atoms with Crippen molar-refractivity contribution in [3.63, 3.8) is 0 Å². The Hall–Kier alpha value is -0.850. The summed E-state index contributed by atoms with van der Waals surface area (Å²) in [5, 5.41) is 1.69. The van der Waals surface area contributed by atoms with E-state index in [1.807, 2.05) is 13.8 Å². The van der Waals surface area contributed by atoms with Gasteiger partial charge in [0.05, 0.1) is 19.8 Å². The molecular formula is C9H20N2O4. The van der Waals surface area contributed by atoms with Crippen LogP contribution in [0.5, 0.6) is 0 Å². The molecule has 0 aliphatic rings. The molecule has 0 rings (SSSR count). The molecule has 0 aliphatic heterocycles. The van der Waals surface area contributed by atoms with Gasteiger partial charge in [-0.15, -0.1) is 0 Å². The molecule has 0 saturated heterocycles. The lowest BCUT2D eigenvalue weighted by Gasteiger charge is -2.20. The number of hydrogen-bond acceptors (Lipinski definition) is 5. The summed E-state index contributed by atoms with van der Waals surface area (Å²) in [6.45, 7) is 7.02. The zero-order chi connectivity index (χ0) is 11.5. The summed E-state index contributed by atoms with van der Waals surface area (Å²) in [7, 11) is 0. The van der Waals surface area contributed by atoms with Crippen LogP contribution in [0.3, 0.4) is 0 Å². The van der Waals surface area contributed by atoms with E-state index in [4.69, 9.17) is 15.3 Å². The highest BCUT2D eigenvalue weighted by atomic mass is 16.7. The SMILES string of the molecule is CCOCCN(CCOC(N)=O)OCC. The summed E-state index contributed by atoms with van der Waals surface area (Å²) >= 11 is 0. The van der Waals surface area contributed by atoms with E-state index in [0.717, 1.165) is 0 Å². The van der Waals surface area contributed by atoms with Gasteiger partial charge in [0.15, 0.2) is 0 Å². The maximum atomic E-state index is 10.3. The molecule has 0 unspecified atom stereocenters. The van der Waals surface area contributed by atoms with Gasteiger partial charge in [0.1, 0.15) is 6.61 Å².